The van der Waals surface area contributed by atoms with Gasteiger partial charge in [0.25, 0.3) is 0 Å². The lowest BCUT2D eigenvalue weighted by Gasteiger charge is -2.19. The largest absolute Gasteiger partial charge is 0.308 e. The Kier molecular flexibility index (Phi) is 2.69. The number of carbonyl (C=O) groups excluding carboxylic acids is 1. The molecule has 1 fully saturated rings. The SMILES string of the molecule is Cc1cccc(F)c1N1CC(S)CC1=O. The van der Waals surface area contributed by atoms with E-state index in [-0.39, 0.29) is 17.0 Å². The highest BCUT2D eigenvalue weighted by Gasteiger charge is 2.30. The van der Waals surface area contributed by atoms with Gasteiger partial charge in [0.1, 0.15) is 5.82 Å². The maximum Gasteiger partial charge on any atom is 0.228 e. The Morgan fingerprint density at radius 1 is 1.53 bits per heavy atom. The van der Waals surface area contributed by atoms with E-state index >= 15 is 0 Å². The molecule has 1 heterocycles. The molecule has 2 rings (SSSR count). The van der Waals surface area contributed by atoms with E-state index in [1.54, 1.807) is 19.1 Å². The van der Waals surface area contributed by atoms with Crippen molar-refractivity contribution in [1.29, 1.82) is 0 Å². The molecule has 1 aromatic rings. The normalized spacial score (nSPS) is 21.1. The number of nitrogens with zero attached hydrogens (tertiary/aromatic N) is 1. The zero-order chi connectivity index (χ0) is 11.0. The lowest BCUT2D eigenvalue weighted by atomic mass is 10.2. The van der Waals surface area contributed by atoms with Gasteiger partial charge in [-0.1, -0.05) is 12.1 Å². The minimum absolute atomic E-state index is 0.0107. The van der Waals surface area contributed by atoms with Gasteiger partial charge in [-0.25, -0.2) is 4.39 Å². The van der Waals surface area contributed by atoms with E-state index in [2.05, 4.69) is 12.6 Å². The number of benzene rings is 1. The first-order valence-corrected chi connectivity index (χ1v) is 5.35. The van der Waals surface area contributed by atoms with E-state index in [4.69, 9.17) is 0 Å². The van der Waals surface area contributed by atoms with Crippen LogP contribution in [0.15, 0.2) is 18.2 Å². The van der Waals surface area contributed by atoms with Crippen LogP contribution in [-0.4, -0.2) is 17.7 Å². The van der Waals surface area contributed by atoms with Crippen LogP contribution in [0.4, 0.5) is 10.1 Å². The van der Waals surface area contributed by atoms with Crippen LogP contribution in [0, 0.1) is 12.7 Å². The molecule has 1 aliphatic rings. The summed E-state index contributed by atoms with van der Waals surface area (Å²) in [5.74, 6) is -0.394. The highest BCUT2D eigenvalue weighted by atomic mass is 32.1. The first-order valence-electron chi connectivity index (χ1n) is 4.83. The van der Waals surface area contributed by atoms with Crippen molar-refractivity contribution in [3.63, 3.8) is 0 Å². The van der Waals surface area contributed by atoms with Crippen LogP contribution in [0.1, 0.15) is 12.0 Å². The molecule has 0 radical (unpaired) electrons. The van der Waals surface area contributed by atoms with E-state index in [0.29, 0.717) is 18.7 Å². The molecule has 80 valence electrons. The van der Waals surface area contributed by atoms with Gasteiger partial charge >= 0.3 is 0 Å². The molecule has 1 saturated heterocycles. The first kappa shape index (κ1) is 10.5. The summed E-state index contributed by atoms with van der Waals surface area (Å²) in [6.45, 7) is 2.29. The average molecular weight is 225 g/mol. The molecule has 2 nitrogen and oxygen atoms in total. The molecule has 0 spiro atoms. The quantitative estimate of drug-likeness (QED) is 0.726. The highest BCUT2D eigenvalue weighted by molar-refractivity contribution is 7.81. The van der Waals surface area contributed by atoms with Gasteiger partial charge in [-0.15, -0.1) is 0 Å². The molecule has 1 aliphatic heterocycles. The Labute approximate surface area is 93.5 Å². The van der Waals surface area contributed by atoms with E-state index < -0.39 is 0 Å². The summed E-state index contributed by atoms with van der Waals surface area (Å²) in [5, 5.41) is 0.0107. The lowest BCUT2D eigenvalue weighted by molar-refractivity contribution is -0.117. The van der Waals surface area contributed by atoms with Crippen molar-refractivity contribution < 1.29 is 9.18 Å². The van der Waals surface area contributed by atoms with E-state index in [9.17, 15) is 9.18 Å². The van der Waals surface area contributed by atoms with Gasteiger partial charge in [-0.05, 0) is 18.6 Å². The fraction of sp³-hybridized carbons (Fsp3) is 0.364. The number of halogens is 1. The summed E-state index contributed by atoms with van der Waals surface area (Å²) in [6.07, 6.45) is 0.386. The number of anilines is 1. The van der Waals surface area contributed by atoms with Crippen molar-refractivity contribution in [3.8, 4) is 0 Å². The van der Waals surface area contributed by atoms with Crippen molar-refractivity contribution in [2.45, 2.75) is 18.6 Å². The number of hydrogen-bond acceptors (Lipinski definition) is 2. The van der Waals surface area contributed by atoms with Crippen molar-refractivity contribution in [3.05, 3.63) is 29.6 Å². The Balaban J connectivity index is 2.41. The zero-order valence-corrected chi connectivity index (χ0v) is 9.30. The molecule has 1 atom stereocenters. The van der Waals surface area contributed by atoms with Gasteiger partial charge < -0.3 is 4.90 Å². The van der Waals surface area contributed by atoms with Crippen molar-refractivity contribution in [2.24, 2.45) is 0 Å². The Hall–Kier alpha value is -1.03. The smallest absolute Gasteiger partial charge is 0.228 e. The maximum atomic E-state index is 13.6. The molecule has 4 heteroatoms. The van der Waals surface area contributed by atoms with Crippen LogP contribution in [0.3, 0.4) is 0 Å². The standard InChI is InChI=1S/C11H12FNOS/c1-7-3-2-4-9(12)11(7)13-6-8(15)5-10(13)14/h2-4,8,15H,5-6H2,1H3. The second-order valence-electron chi connectivity index (χ2n) is 3.77. The third-order valence-electron chi connectivity index (χ3n) is 2.56. The highest BCUT2D eigenvalue weighted by Crippen LogP contribution is 2.29. The molecule has 1 amide bonds. The summed E-state index contributed by atoms with van der Waals surface area (Å²) in [7, 11) is 0. The maximum absolute atomic E-state index is 13.6. The Bertz CT molecular complexity index is 387. The fourth-order valence-corrected chi connectivity index (χ4v) is 2.19. The van der Waals surface area contributed by atoms with Gasteiger partial charge in [-0.3, -0.25) is 4.79 Å². The molecule has 0 N–H and O–H groups in total. The Morgan fingerprint density at radius 2 is 2.27 bits per heavy atom. The van der Waals surface area contributed by atoms with Crippen LogP contribution in [0.5, 0.6) is 0 Å². The number of thiol groups is 1. The third kappa shape index (κ3) is 1.86. The number of amides is 1. The van der Waals surface area contributed by atoms with Crippen molar-refractivity contribution in [2.75, 3.05) is 11.4 Å². The predicted molar refractivity (Wildman–Crippen MR) is 60.9 cm³/mol. The summed E-state index contributed by atoms with van der Waals surface area (Å²) < 4.78 is 13.6. The molecular weight excluding hydrogens is 213 g/mol. The van der Waals surface area contributed by atoms with Crippen LogP contribution in [0.2, 0.25) is 0 Å². The number of carbonyl (C=O) groups is 1. The summed E-state index contributed by atoms with van der Waals surface area (Å²) in [6, 6.07) is 4.83. The molecule has 1 unspecified atom stereocenters. The number of hydrogen-bond donors (Lipinski definition) is 1. The monoisotopic (exact) mass is 225 g/mol. The second-order valence-corrected chi connectivity index (χ2v) is 4.50. The summed E-state index contributed by atoms with van der Waals surface area (Å²) in [4.78, 5) is 13.1. The fourth-order valence-electron chi connectivity index (χ4n) is 1.87. The van der Waals surface area contributed by atoms with E-state index in [1.807, 2.05) is 0 Å². The van der Waals surface area contributed by atoms with Crippen LogP contribution < -0.4 is 4.90 Å². The zero-order valence-electron chi connectivity index (χ0n) is 8.40. The predicted octanol–water partition coefficient (Wildman–Crippen LogP) is 2.17. The van der Waals surface area contributed by atoms with Crippen molar-refractivity contribution >= 4 is 24.2 Å². The van der Waals surface area contributed by atoms with Gasteiger partial charge in [0.15, 0.2) is 0 Å². The van der Waals surface area contributed by atoms with Gasteiger partial charge in [-0.2, -0.15) is 12.6 Å². The minimum atomic E-state index is -0.342. The van der Waals surface area contributed by atoms with E-state index in [0.717, 1.165) is 5.56 Å². The molecular formula is C11H12FNOS. The average Bonchev–Trinajstić information content (AvgIpc) is 2.45. The first-order chi connectivity index (χ1) is 7.09. The lowest BCUT2D eigenvalue weighted by Crippen LogP contribution is -2.26. The summed E-state index contributed by atoms with van der Waals surface area (Å²) >= 11 is 4.24. The van der Waals surface area contributed by atoms with Crippen LogP contribution >= 0.6 is 12.6 Å². The van der Waals surface area contributed by atoms with Gasteiger partial charge in [0.05, 0.1) is 5.69 Å². The molecule has 0 saturated carbocycles. The third-order valence-corrected chi connectivity index (χ3v) is 2.91. The van der Waals surface area contributed by atoms with Crippen molar-refractivity contribution in [1.82, 2.24) is 0 Å². The van der Waals surface area contributed by atoms with Gasteiger partial charge in [0.2, 0.25) is 5.91 Å². The second kappa shape index (κ2) is 3.85. The van der Waals surface area contributed by atoms with Crippen LogP contribution in [0.25, 0.3) is 0 Å². The van der Waals surface area contributed by atoms with Crippen LogP contribution in [-0.2, 0) is 4.79 Å². The number of rotatable bonds is 1. The summed E-state index contributed by atoms with van der Waals surface area (Å²) in [5.41, 5.74) is 1.19. The molecule has 15 heavy (non-hydrogen) atoms. The minimum Gasteiger partial charge on any atom is -0.308 e. The molecule has 0 aliphatic carbocycles. The van der Waals surface area contributed by atoms with E-state index in [1.165, 1.54) is 11.0 Å². The number of para-hydroxylation sites is 1. The topological polar surface area (TPSA) is 20.3 Å². The molecule has 0 aromatic heterocycles. The molecule has 1 aromatic carbocycles. The number of aryl methyl sites for hydroxylation is 1. The van der Waals surface area contributed by atoms with Gasteiger partial charge in [0, 0.05) is 18.2 Å². The molecule has 0 bridgehead atoms. The Morgan fingerprint density at radius 3 is 2.80 bits per heavy atom.